The third kappa shape index (κ3) is 7.47. The molecule has 9 heteroatoms. The first-order valence-corrected chi connectivity index (χ1v) is 7.30. The molecule has 1 fully saturated rings. The zero-order valence-corrected chi connectivity index (χ0v) is 13.4. The number of rotatable bonds is 6. The number of ether oxygens (including phenoxy) is 1. The summed E-state index contributed by atoms with van der Waals surface area (Å²) < 4.78 is 41.8. The van der Waals surface area contributed by atoms with E-state index in [-0.39, 0.29) is 30.2 Å². The molecule has 0 aromatic rings. The van der Waals surface area contributed by atoms with Crippen LogP contribution in [0.15, 0.2) is 11.8 Å². The lowest BCUT2D eigenvalue weighted by Crippen LogP contribution is -2.47. The van der Waals surface area contributed by atoms with Crippen LogP contribution in [0, 0.1) is 0 Å². The number of carbonyl (C=O) groups excluding carboxylic acids is 2. The van der Waals surface area contributed by atoms with E-state index in [4.69, 9.17) is 4.74 Å². The molecule has 6 nitrogen and oxygen atoms in total. The number of nitrogens with one attached hydrogen (secondary N) is 2. The van der Waals surface area contributed by atoms with Gasteiger partial charge in [-0.3, -0.25) is 19.9 Å². The smallest absolute Gasteiger partial charge is 0.373 e. The van der Waals surface area contributed by atoms with Gasteiger partial charge in [0.1, 0.15) is 0 Å². The fourth-order valence-electron chi connectivity index (χ4n) is 2.27. The summed E-state index contributed by atoms with van der Waals surface area (Å²) >= 11 is 0. The molecule has 0 aromatic heterocycles. The van der Waals surface area contributed by atoms with Gasteiger partial charge in [-0.2, -0.15) is 13.2 Å². The summed E-state index contributed by atoms with van der Waals surface area (Å²) in [6, 6.07) is 0. The minimum absolute atomic E-state index is 0.0886. The Morgan fingerprint density at radius 3 is 2.30 bits per heavy atom. The zero-order valence-electron chi connectivity index (χ0n) is 13.4. The third-order valence-corrected chi connectivity index (χ3v) is 3.18. The summed E-state index contributed by atoms with van der Waals surface area (Å²) in [6.07, 6.45) is -4.15. The molecule has 2 N–H and O–H groups in total. The number of ketones is 1. The predicted molar refractivity (Wildman–Crippen MR) is 77.2 cm³/mol. The van der Waals surface area contributed by atoms with E-state index < -0.39 is 12.0 Å². The summed E-state index contributed by atoms with van der Waals surface area (Å²) in [5, 5.41) is 0. The van der Waals surface area contributed by atoms with Gasteiger partial charge in [0.2, 0.25) is 5.91 Å². The summed E-state index contributed by atoms with van der Waals surface area (Å²) in [6.45, 7) is 7.14. The Morgan fingerprint density at radius 2 is 1.78 bits per heavy atom. The average molecular weight is 337 g/mol. The van der Waals surface area contributed by atoms with Crippen LogP contribution in [0.3, 0.4) is 0 Å². The van der Waals surface area contributed by atoms with Crippen molar-refractivity contribution in [2.45, 2.75) is 45.6 Å². The van der Waals surface area contributed by atoms with Gasteiger partial charge < -0.3 is 10.2 Å². The second-order valence-electron chi connectivity index (χ2n) is 5.63. The number of hydrogen-bond donors (Lipinski definition) is 2. The maximum Gasteiger partial charge on any atom is 0.454 e. The molecule has 1 aliphatic heterocycles. The quantitative estimate of drug-likeness (QED) is 0.562. The Hall–Kier alpha value is -1.61. The molecular formula is C14H22F3N3O3. The highest BCUT2D eigenvalue weighted by molar-refractivity contribution is 5.94. The molecule has 2 atom stereocenters. The van der Waals surface area contributed by atoms with E-state index >= 15 is 0 Å². The molecule has 0 spiro atoms. The van der Waals surface area contributed by atoms with Gasteiger partial charge in [-0.05, 0) is 20.8 Å². The lowest BCUT2D eigenvalue weighted by atomic mass is 10.2. The molecule has 1 rings (SSSR count). The van der Waals surface area contributed by atoms with Crippen LogP contribution < -0.4 is 10.9 Å². The summed E-state index contributed by atoms with van der Waals surface area (Å²) in [5.74, 6) is -2.35. The van der Waals surface area contributed by atoms with E-state index in [2.05, 4.69) is 15.8 Å². The van der Waals surface area contributed by atoms with E-state index in [9.17, 15) is 22.8 Å². The first-order valence-electron chi connectivity index (χ1n) is 7.30. The highest BCUT2D eigenvalue weighted by Crippen LogP contribution is 2.16. The Morgan fingerprint density at radius 1 is 1.22 bits per heavy atom. The van der Waals surface area contributed by atoms with Crippen LogP contribution in [0.2, 0.25) is 0 Å². The standard InChI is InChI=1S/C14H22F3N3O3/c1-9(6-12(21)14(15,16)17)18-19-13(22)4-5-20-7-10(2)23-11(3)8-20/h6,10-11,18H,4-5,7-8H2,1-3H3,(H,19,22). The van der Waals surface area contributed by atoms with Gasteiger partial charge in [-0.25, -0.2) is 0 Å². The SMILES string of the molecule is CC(=CC(=O)C(F)(F)F)NNC(=O)CCN1CC(C)OC(C)C1. The number of halogens is 3. The molecule has 23 heavy (non-hydrogen) atoms. The van der Waals surface area contributed by atoms with Gasteiger partial charge in [-0.1, -0.05) is 0 Å². The molecule has 0 aromatic carbocycles. The summed E-state index contributed by atoms with van der Waals surface area (Å²) in [7, 11) is 0. The molecule has 2 unspecified atom stereocenters. The zero-order chi connectivity index (χ0) is 17.6. The number of allylic oxidation sites excluding steroid dienone is 2. The van der Waals surface area contributed by atoms with Crippen LogP contribution in [-0.2, 0) is 14.3 Å². The van der Waals surface area contributed by atoms with Gasteiger partial charge in [0, 0.05) is 37.8 Å². The van der Waals surface area contributed by atoms with E-state index in [1.807, 2.05) is 13.8 Å². The van der Waals surface area contributed by atoms with Crippen LogP contribution in [0.5, 0.6) is 0 Å². The van der Waals surface area contributed by atoms with Gasteiger partial charge in [-0.15, -0.1) is 0 Å². The second-order valence-corrected chi connectivity index (χ2v) is 5.63. The Bertz CT molecular complexity index is 456. The molecule has 0 saturated carbocycles. The first kappa shape index (κ1) is 19.4. The van der Waals surface area contributed by atoms with E-state index in [0.717, 1.165) is 13.1 Å². The van der Waals surface area contributed by atoms with Gasteiger partial charge >= 0.3 is 6.18 Å². The van der Waals surface area contributed by atoms with Crippen molar-refractivity contribution < 1.29 is 27.5 Å². The average Bonchev–Trinajstić information content (AvgIpc) is 2.40. The molecular weight excluding hydrogens is 315 g/mol. The molecule has 0 aliphatic carbocycles. The highest BCUT2D eigenvalue weighted by Gasteiger charge is 2.36. The Labute approximate surface area is 133 Å². The molecule has 1 aliphatic rings. The number of amides is 1. The topological polar surface area (TPSA) is 70.7 Å². The first-order chi connectivity index (χ1) is 10.6. The maximum absolute atomic E-state index is 12.1. The lowest BCUT2D eigenvalue weighted by Gasteiger charge is -2.35. The van der Waals surface area contributed by atoms with Crippen molar-refractivity contribution in [1.29, 1.82) is 0 Å². The van der Waals surface area contributed by atoms with Crippen molar-refractivity contribution in [1.82, 2.24) is 15.8 Å². The van der Waals surface area contributed by atoms with Gasteiger partial charge in [0.25, 0.3) is 5.78 Å². The maximum atomic E-state index is 12.1. The molecule has 1 heterocycles. The molecule has 0 radical (unpaired) electrons. The number of morpholine rings is 1. The monoisotopic (exact) mass is 337 g/mol. The number of nitrogens with zero attached hydrogens (tertiary/aromatic N) is 1. The van der Waals surface area contributed by atoms with E-state index in [1.54, 1.807) is 0 Å². The van der Waals surface area contributed by atoms with Crippen molar-refractivity contribution in [3.63, 3.8) is 0 Å². The Balaban J connectivity index is 2.31. The van der Waals surface area contributed by atoms with Crippen LogP contribution >= 0.6 is 0 Å². The minimum atomic E-state index is -4.92. The normalized spacial score (nSPS) is 23.5. The molecule has 0 bridgehead atoms. The molecule has 1 amide bonds. The van der Waals surface area contributed by atoms with Crippen molar-refractivity contribution in [2.24, 2.45) is 0 Å². The van der Waals surface area contributed by atoms with Crippen LogP contribution in [0.25, 0.3) is 0 Å². The number of hydrogen-bond acceptors (Lipinski definition) is 5. The van der Waals surface area contributed by atoms with Crippen LogP contribution in [0.1, 0.15) is 27.2 Å². The number of hydrazine groups is 1. The fraction of sp³-hybridized carbons (Fsp3) is 0.714. The third-order valence-electron chi connectivity index (χ3n) is 3.18. The second kappa shape index (κ2) is 8.30. The molecule has 1 saturated heterocycles. The van der Waals surface area contributed by atoms with Gasteiger partial charge in [0.15, 0.2) is 0 Å². The van der Waals surface area contributed by atoms with Crippen molar-refractivity contribution in [3.8, 4) is 0 Å². The van der Waals surface area contributed by atoms with Gasteiger partial charge in [0.05, 0.1) is 12.2 Å². The predicted octanol–water partition coefficient (Wildman–Crippen LogP) is 1.14. The van der Waals surface area contributed by atoms with Crippen LogP contribution in [-0.4, -0.2) is 54.6 Å². The van der Waals surface area contributed by atoms with Crippen molar-refractivity contribution in [3.05, 3.63) is 11.8 Å². The van der Waals surface area contributed by atoms with Crippen LogP contribution in [0.4, 0.5) is 13.2 Å². The number of carbonyl (C=O) groups is 2. The summed E-state index contributed by atoms with van der Waals surface area (Å²) in [4.78, 5) is 24.5. The molecule has 132 valence electrons. The minimum Gasteiger partial charge on any atom is -0.373 e. The van der Waals surface area contributed by atoms with E-state index in [1.165, 1.54) is 6.92 Å². The van der Waals surface area contributed by atoms with Crippen molar-refractivity contribution in [2.75, 3.05) is 19.6 Å². The fourth-order valence-corrected chi connectivity index (χ4v) is 2.27. The largest absolute Gasteiger partial charge is 0.454 e. The Kier molecular flexibility index (Phi) is 7.01. The highest BCUT2D eigenvalue weighted by atomic mass is 19.4. The lowest BCUT2D eigenvalue weighted by molar-refractivity contribution is -0.165. The summed E-state index contributed by atoms with van der Waals surface area (Å²) in [5.41, 5.74) is 4.47. The number of alkyl halides is 3. The van der Waals surface area contributed by atoms with Crippen molar-refractivity contribution >= 4 is 11.7 Å². The van der Waals surface area contributed by atoms with E-state index in [0.29, 0.717) is 12.6 Å².